The van der Waals surface area contributed by atoms with Gasteiger partial charge < -0.3 is 10.6 Å². The lowest BCUT2D eigenvalue weighted by Gasteiger charge is -2.13. The molecule has 4 nitrogen and oxygen atoms in total. The first-order chi connectivity index (χ1) is 11.3. The molecule has 0 spiro atoms. The van der Waals surface area contributed by atoms with Crippen molar-refractivity contribution in [2.24, 2.45) is 0 Å². The van der Waals surface area contributed by atoms with E-state index in [9.17, 15) is 17.6 Å². The molecule has 130 valence electrons. The SMILES string of the molecule is CC/C=C(\NCc1ccc(F)cc1Cl)Nc1cc(C(F)(F)F)[nH]n1. The molecule has 2 aromatic rings. The number of H-pyrrole nitrogens is 1. The molecule has 0 saturated carbocycles. The van der Waals surface area contributed by atoms with Gasteiger partial charge in [0.1, 0.15) is 17.3 Å². The van der Waals surface area contributed by atoms with Gasteiger partial charge in [0.15, 0.2) is 5.82 Å². The number of benzene rings is 1. The number of aromatic amines is 1. The van der Waals surface area contributed by atoms with Crippen molar-refractivity contribution in [2.75, 3.05) is 5.32 Å². The van der Waals surface area contributed by atoms with Crippen LogP contribution < -0.4 is 10.6 Å². The maximum Gasteiger partial charge on any atom is 0.432 e. The lowest BCUT2D eigenvalue weighted by molar-refractivity contribution is -0.141. The highest BCUT2D eigenvalue weighted by molar-refractivity contribution is 6.31. The molecule has 0 unspecified atom stereocenters. The minimum atomic E-state index is -4.49. The summed E-state index contributed by atoms with van der Waals surface area (Å²) in [6.07, 6.45) is -2.10. The zero-order chi connectivity index (χ0) is 17.7. The maximum atomic E-state index is 13.0. The number of rotatable bonds is 6. The zero-order valence-corrected chi connectivity index (χ0v) is 13.4. The van der Waals surface area contributed by atoms with Crippen LogP contribution in [0.15, 0.2) is 36.2 Å². The molecule has 3 N–H and O–H groups in total. The lowest BCUT2D eigenvalue weighted by Crippen LogP contribution is -2.19. The number of hydrogen-bond donors (Lipinski definition) is 3. The molecule has 0 amide bonds. The van der Waals surface area contributed by atoms with Crippen LogP contribution in [0.2, 0.25) is 5.02 Å². The third-order valence-electron chi connectivity index (χ3n) is 3.04. The Labute approximate surface area is 140 Å². The third-order valence-corrected chi connectivity index (χ3v) is 3.39. The summed E-state index contributed by atoms with van der Waals surface area (Å²) >= 11 is 5.94. The van der Waals surface area contributed by atoms with Crippen molar-refractivity contribution in [3.63, 3.8) is 0 Å². The largest absolute Gasteiger partial charge is 0.432 e. The number of nitrogens with zero attached hydrogens (tertiary/aromatic N) is 1. The van der Waals surface area contributed by atoms with Crippen molar-refractivity contribution < 1.29 is 17.6 Å². The summed E-state index contributed by atoms with van der Waals surface area (Å²) in [6.45, 7) is 2.15. The molecule has 0 bridgehead atoms. The van der Waals surface area contributed by atoms with Gasteiger partial charge in [-0.2, -0.15) is 18.3 Å². The van der Waals surface area contributed by atoms with Crippen LogP contribution >= 0.6 is 11.6 Å². The number of hydrogen-bond acceptors (Lipinski definition) is 3. The summed E-state index contributed by atoms with van der Waals surface area (Å²) in [5, 5.41) is 11.5. The van der Waals surface area contributed by atoms with Gasteiger partial charge in [0.05, 0.1) is 0 Å². The molecule has 0 aliphatic carbocycles. The normalized spacial score (nSPS) is 12.3. The van der Waals surface area contributed by atoms with Gasteiger partial charge in [-0.3, -0.25) is 5.10 Å². The highest BCUT2D eigenvalue weighted by Crippen LogP contribution is 2.29. The Bertz CT molecular complexity index is 725. The van der Waals surface area contributed by atoms with Gasteiger partial charge in [-0.25, -0.2) is 4.39 Å². The van der Waals surface area contributed by atoms with Crippen molar-refractivity contribution in [3.8, 4) is 0 Å². The van der Waals surface area contributed by atoms with Gasteiger partial charge in [0, 0.05) is 17.6 Å². The molecule has 0 saturated heterocycles. The molecule has 0 atom stereocenters. The Hall–Kier alpha value is -2.22. The minimum Gasteiger partial charge on any atom is -0.368 e. The first kappa shape index (κ1) is 18.1. The van der Waals surface area contributed by atoms with E-state index in [4.69, 9.17) is 11.6 Å². The third kappa shape index (κ3) is 4.89. The molecule has 1 heterocycles. The van der Waals surface area contributed by atoms with Crippen molar-refractivity contribution in [1.82, 2.24) is 15.5 Å². The van der Waals surface area contributed by atoms with E-state index in [1.807, 2.05) is 12.0 Å². The van der Waals surface area contributed by atoms with Crippen LogP contribution in [0.25, 0.3) is 0 Å². The summed E-state index contributed by atoms with van der Waals surface area (Å²) in [7, 11) is 0. The van der Waals surface area contributed by atoms with Crippen LogP contribution in [0.4, 0.5) is 23.4 Å². The molecule has 0 aliphatic heterocycles. The van der Waals surface area contributed by atoms with Crippen LogP contribution in [0.1, 0.15) is 24.6 Å². The number of aromatic nitrogens is 2. The van der Waals surface area contributed by atoms with E-state index in [0.717, 1.165) is 6.07 Å². The van der Waals surface area contributed by atoms with Crippen molar-refractivity contribution in [1.29, 1.82) is 0 Å². The van der Waals surface area contributed by atoms with Gasteiger partial charge >= 0.3 is 6.18 Å². The Balaban J connectivity index is 2.04. The van der Waals surface area contributed by atoms with Gasteiger partial charge in [0.2, 0.25) is 0 Å². The number of anilines is 1. The number of nitrogens with one attached hydrogen (secondary N) is 3. The van der Waals surface area contributed by atoms with Gasteiger partial charge in [-0.1, -0.05) is 24.6 Å². The van der Waals surface area contributed by atoms with E-state index in [2.05, 4.69) is 15.7 Å². The van der Waals surface area contributed by atoms with Crippen LogP contribution in [0.3, 0.4) is 0 Å². The van der Waals surface area contributed by atoms with Crippen LogP contribution in [0.5, 0.6) is 0 Å². The molecule has 1 aromatic heterocycles. The van der Waals surface area contributed by atoms with E-state index >= 15 is 0 Å². The Morgan fingerprint density at radius 3 is 2.67 bits per heavy atom. The first-order valence-electron chi connectivity index (χ1n) is 7.07. The Morgan fingerprint density at radius 1 is 1.33 bits per heavy atom. The summed E-state index contributed by atoms with van der Waals surface area (Å²) in [6, 6.07) is 4.88. The topological polar surface area (TPSA) is 52.7 Å². The Kier molecular flexibility index (Phi) is 5.71. The van der Waals surface area contributed by atoms with E-state index in [0.29, 0.717) is 17.8 Å². The first-order valence-corrected chi connectivity index (χ1v) is 7.45. The van der Waals surface area contributed by atoms with Crippen molar-refractivity contribution in [2.45, 2.75) is 26.1 Å². The van der Waals surface area contributed by atoms with E-state index in [-0.39, 0.29) is 17.4 Å². The number of alkyl halides is 3. The molecule has 0 aliphatic rings. The minimum absolute atomic E-state index is 0.0275. The van der Waals surface area contributed by atoms with Gasteiger partial charge in [-0.15, -0.1) is 0 Å². The summed E-state index contributed by atoms with van der Waals surface area (Å²) in [5.74, 6) is 0.0558. The van der Waals surface area contributed by atoms with Gasteiger partial charge in [0.25, 0.3) is 0 Å². The predicted octanol–water partition coefficient (Wildman–Crippen LogP) is 4.67. The summed E-state index contributed by atoms with van der Waals surface area (Å²) in [4.78, 5) is 0. The van der Waals surface area contributed by atoms with Crippen molar-refractivity contribution >= 4 is 17.4 Å². The second-order valence-electron chi connectivity index (χ2n) is 4.90. The number of halogens is 5. The molecular weight excluding hydrogens is 348 g/mol. The summed E-state index contributed by atoms with van der Waals surface area (Å²) in [5.41, 5.74) is -0.290. The molecule has 1 aromatic carbocycles. The zero-order valence-electron chi connectivity index (χ0n) is 12.6. The second-order valence-corrected chi connectivity index (χ2v) is 5.31. The van der Waals surface area contributed by atoms with Crippen molar-refractivity contribution in [3.05, 3.63) is 58.3 Å². The molecule has 0 radical (unpaired) electrons. The Morgan fingerprint density at radius 2 is 2.08 bits per heavy atom. The maximum absolute atomic E-state index is 13.0. The number of allylic oxidation sites excluding steroid dienone is 1. The second kappa shape index (κ2) is 7.57. The fourth-order valence-electron chi connectivity index (χ4n) is 1.90. The smallest absolute Gasteiger partial charge is 0.368 e. The molecular formula is C15H15ClF4N4. The van der Waals surface area contributed by atoms with E-state index in [1.165, 1.54) is 18.2 Å². The molecule has 2 rings (SSSR count). The fourth-order valence-corrected chi connectivity index (χ4v) is 2.13. The predicted molar refractivity (Wildman–Crippen MR) is 83.8 cm³/mol. The molecule has 9 heteroatoms. The van der Waals surface area contributed by atoms with Gasteiger partial charge in [-0.05, 0) is 30.2 Å². The monoisotopic (exact) mass is 362 g/mol. The highest BCUT2D eigenvalue weighted by Gasteiger charge is 2.33. The van der Waals surface area contributed by atoms with Crippen LogP contribution in [0, 0.1) is 5.82 Å². The lowest BCUT2D eigenvalue weighted by atomic mass is 10.2. The quantitative estimate of drug-likeness (QED) is 0.654. The highest BCUT2D eigenvalue weighted by atomic mass is 35.5. The molecule has 24 heavy (non-hydrogen) atoms. The fraction of sp³-hybridized carbons (Fsp3) is 0.267. The van der Waals surface area contributed by atoms with Crippen LogP contribution in [-0.4, -0.2) is 10.2 Å². The van der Waals surface area contributed by atoms with E-state index in [1.54, 1.807) is 6.08 Å². The average molecular weight is 363 g/mol. The average Bonchev–Trinajstić information content (AvgIpc) is 2.95. The van der Waals surface area contributed by atoms with Crippen LogP contribution in [-0.2, 0) is 12.7 Å². The van der Waals surface area contributed by atoms with E-state index < -0.39 is 17.7 Å². The standard InChI is InChI=1S/C15H15ClF4N4/c1-2-3-13(21-8-9-4-5-10(17)6-11(9)16)22-14-7-12(23-24-14)15(18,19)20/h3-7,21H,2,8H2,1H3,(H2,22,23,24)/b13-3+. The summed E-state index contributed by atoms with van der Waals surface area (Å²) < 4.78 is 50.7. The molecule has 0 fully saturated rings.